The summed E-state index contributed by atoms with van der Waals surface area (Å²) in [6.07, 6.45) is -0.373. The van der Waals surface area contributed by atoms with Crippen LogP contribution in [0.4, 0.5) is 0 Å². The average molecular weight is 256 g/mol. The van der Waals surface area contributed by atoms with Crippen LogP contribution in [0.1, 0.15) is 11.5 Å². The lowest BCUT2D eigenvalue weighted by Gasteiger charge is -2.27. The van der Waals surface area contributed by atoms with Gasteiger partial charge in [-0.3, -0.25) is 0 Å². The molecule has 4 heteroatoms. The maximum atomic E-state index is 5.85. The highest BCUT2D eigenvalue weighted by atomic mass is 17.2. The zero-order chi connectivity index (χ0) is 12.7. The largest absolute Gasteiger partial charge is 0.450 e. The van der Waals surface area contributed by atoms with Crippen LogP contribution >= 0.6 is 0 Å². The Morgan fingerprint density at radius 1 is 0.789 bits per heavy atom. The van der Waals surface area contributed by atoms with Gasteiger partial charge in [0.15, 0.2) is 17.2 Å². The zero-order valence-electron chi connectivity index (χ0n) is 10.1. The van der Waals surface area contributed by atoms with Crippen LogP contribution in [0.15, 0.2) is 48.5 Å². The second-order valence-electron chi connectivity index (χ2n) is 4.56. The highest BCUT2D eigenvalue weighted by molar-refractivity contribution is 5.44. The third-order valence-corrected chi connectivity index (χ3v) is 3.38. The summed E-state index contributed by atoms with van der Waals surface area (Å²) in [6.45, 7) is 0.412. The number of hydrogen-bond donors (Lipinski definition) is 0. The predicted molar refractivity (Wildman–Crippen MR) is 67.2 cm³/mol. The van der Waals surface area contributed by atoms with E-state index in [2.05, 4.69) is 0 Å². The number of rotatable bonds is 1. The SMILES string of the molecule is c1ccc2c(c1)OC(C1COOc3ccccc31)O2. The number of ether oxygens (including phenoxy) is 2. The van der Waals surface area contributed by atoms with Crippen molar-refractivity contribution in [1.29, 1.82) is 0 Å². The molecule has 0 saturated carbocycles. The quantitative estimate of drug-likeness (QED) is 0.735. The molecule has 0 radical (unpaired) electrons. The van der Waals surface area contributed by atoms with Crippen LogP contribution in [-0.2, 0) is 4.89 Å². The third kappa shape index (κ3) is 1.72. The predicted octanol–water partition coefficient (Wildman–Crippen LogP) is 2.89. The van der Waals surface area contributed by atoms with Crippen molar-refractivity contribution in [2.24, 2.45) is 0 Å². The molecule has 1 atom stereocenters. The normalized spacial score (nSPS) is 20.7. The lowest BCUT2D eigenvalue weighted by molar-refractivity contribution is -0.231. The molecule has 2 aliphatic heterocycles. The van der Waals surface area contributed by atoms with Crippen molar-refractivity contribution >= 4 is 0 Å². The lowest BCUT2D eigenvalue weighted by atomic mass is 9.98. The molecule has 2 aromatic rings. The fourth-order valence-electron chi connectivity index (χ4n) is 2.43. The van der Waals surface area contributed by atoms with Crippen LogP contribution in [0.3, 0.4) is 0 Å². The van der Waals surface area contributed by atoms with Crippen molar-refractivity contribution in [3.05, 3.63) is 54.1 Å². The van der Waals surface area contributed by atoms with E-state index in [-0.39, 0.29) is 12.2 Å². The van der Waals surface area contributed by atoms with Gasteiger partial charge in [-0.05, 0) is 18.2 Å². The van der Waals surface area contributed by atoms with Crippen molar-refractivity contribution in [3.8, 4) is 17.2 Å². The molecule has 19 heavy (non-hydrogen) atoms. The Balaban J connectivity index is 1.66. The Morgan fingerprint density at radius 3 is 2.16 bits per heavy atom. The van der Waals surface area contributed by atoms with E-state index >= 15 is 0 Å². The summed E-state index contributed by atoms with van der Waals surface area (Å²) in [5, 5.41) is 0. The molecule has 2 heterocycles. The molecule has 0 amide bonds. The fourth-order valence-corrected chi connectivity index (χ4v) is 2.43. The minimum absolute atomic E-state index is 0.00245. The van der Waals surface area contributed by atoms with Gasteiger partial charge in [0.25, 0.3) is 6.29 Å². The maximum Gasteiger partial charge on any atom is 0.250 e. The minimum atomic E-state index is -0.373. The molecule has 1 unspecified atom stereocenters. The van der Waals surface area contributed by atoms with Crippen molar-refractivity contribution in [3.63, 3.8) is 0 Å². The Kier molecular flexibility index (Phi) is 2.35. The van der Waals surface area contributed by atoms with Crippen LogP contribution in [0.5, 0.6) is 17.2 Å². The molecule has 0 aliphatic carbocycles. The topological polar surface area (TPSA) is 36.9 Å². The Labute approximate surface area is 110 Å². The zero-order valence-corrected chi connectivity index (χ0v) is 10.1. The van der Waals surface area contributed by atoms with Crippen molar-refractivity contribution in [2.45, 2.75) is 12.2 Å². The third-order valence-electron chi connectivity index (χ3n) is 3.38. The maximum absolute atomic E-state index is 5.85. The van der Waals surface area contributed by atoms with Gasteiger partial charge in [0.2, 0.25) is 0 Å². The van der Waals surface area contributed by atoms with E-state index in [1.165, 1.54) is 0 Å². The molecule has 0 fully saturated rings. The first kappa shape index (κ1) is 10.7. The van der Waals surface area contributed by atoms with Crippen molar-refractivity contribution < 1.29 is 19.2 Å². The van der Waals surface area contributed by atoms with Gasteiger partial charge in [0.05, 0.1) is 5.92 Å². The molecule has 4 rings (SSSR count). The second kappa shape index (κ2) is 4.17. The average Bonchev–Trinajstić information content (AvgIpc) is 2.90. The van der Waals surface area contributed by atoms with Gasteiger partial charge in [0.1, 0.15) is 6.61 Å². The van der Waals surface area contributed by atoms with Gasteiger partial charge >= 0.3 is 0 Å². The van der Waals surface area contributed by atoms with Crippen LogP contribution in [0, 0.1) is 0 Å². The molecule has 0 aromatic heterocycles. The van der Waals surface area contributed by atoms with Gasteiger partial charge in [-0.2, -0.15) is 4.89 Å². The van der Waals surface area contributed by atoms with E-state index in [0.717, 1.165) is 22.8 Å². The van der Waals surface area contributed by atoms with E-state index in [0.29, 0.717) is 6.61 Å². The molecule has 96 valence electrons. The summed E-state index contributed by atoms with van der Waals surface area (Å²) in [4.78, 5) is 10.3. The molecule has 0 saturated heterocycles. The van der Waals surface area contributed by atoms with E-state index in [4.69, 9.17) is 19.2 Å². The first-order valence-corrected chi connectivity index (χ1v) is 6.22. The summed E-state index contributed by atoms with van der Waals surface area (Å²) in [5.41, 5.74) is 1.05. The summed E-state index contributed by atoms with van der Waals surface area (Å²) in [6, 6.07) is 15.4. The second-order valence-corrected chi connectivity index (χ2v) is 4.56. The molecule has 0 bridgehead atoms. The number of benzene rings is 2. The molecular formula is C15H12O4. The van der Waals surface area contributed by atoms with Gasteiger partial charge in [-0.15, -0.1) is 0 Å². The highest BCUT2D eigenvalue weighted by Gasteiger charge is 2.37. The van der Waals surface area contributed by atoms with Crippen LogP contribution < -0.4 is 14.4 Å². The highest BCUT2D eigenvalue weighted by Crippen LogP contribution is 2.41. The monoisotopic (exact) mass is 256 g/mol. The van der Waals surface area contributed by atoms with E-state index in [9.17, 15) is 0 Å². The summed E-state index contributed by atoms with van der Waals surface area (Å²) in [5.74, 6) is 2.27. The van der Waals surface area contributed by atoms with Gasteiger partial charge in [0, 0.05) is 5.56 Å². The number of hydrogen-bond acceptors (Lipinski definition) is 4. The lowest BCUT2D eigenvalue weighted by Crippen LogP contribution is -2.33. The number of para-hydroxylation sites is 3. The van der Waals surface area contributed by atoms with Gasteiger partial charge in [-0.25, -0.2) is 0 Å². The fraction of sp³-hybridized carbons (Fsp3) is 0.200. The number of fused-ring (bicyclic) bond motifs is 2. The Bertz CT molecular complexity index is 586. The Morgan fingerprint density at radius 2 is 1.42 bits per heavy atom. The van der Waals surface area contributed by atoms with Crippen LogP contribution in [-0.4, -0.2) is 12.9 Å². The van der Waals surface area contributed by atoms with E-state index < -0.39 is 0 Å². The molecule has 0 N–H and O–H groups in total. The molecular weight excluding hydrogens is 244 g/mol. The smallest absolute Gasteiger partial charge is 0.250 e. The van der Waals surface area contributed by atoms with Crippen molar-refractivity contribution in [2.75, 3.05) is 6.61 Å². The summed E-state index contributed by atoms with van der Waals surface area (Å²) < 4.78 is 11.7. The first-order valence-electron chi connectivity index (χ1n) is 6.22. The standard InChI is InChI=1S/C15H12O4/c1-2-6-12-10(5-1)11(9-16-19-12)15-17-13-7-3-4-8-14(13)18-15/h1-8,11,15H,9H2. The van der Waals surface area contributed by atoms with Gasteiger partial charge in [-0.1, -0.05) is 30.3 Å². The van der Waals surface area contributed by atoms with Gasteiger partial charge < -0.3 is 14.4 Å². The summed E-state index contributed by atoms with van der Waals surface area (Å²) >= 11 is 0. The summed E-state index contributed by atoms with van der Waals surface area (Å²) in [7, 11) is 0. The molecule has 2 aliphatic rings. The van der Waals surface area contributed by atoms with E-state index in [1.54, 1.807) is 0 Å². The molecule has 4 nitrogen and oxygen atoms in total. The van der Waals surface area contributed by atoms with Crippen LogP contribution in [0.2, 0.25) is 0 Å². The Hall–Kier alpha value is -2.20. The minimum Gasteiger partial charge on any atom is -0.450 e. The van der Waals surface area contributed by atoms with E-state index in [1.807, 2.05) is 48.5 Å². The first-order chi connectivity index (χ1) is 9.42. The van der Waals surface area contributed by atoms with Crippen molar-refractivity contribution in [1.82, 2.24) is 0 Å². The van der Waals surface area contributed by atoms with Crippen LogP contribution in [0.25, 0.3) is 0 Å². The molecule has 0 spiro atoms. The molecule has 2 aromatic carbocycles.